The van der Waals surface area contributed by atoms with Crippen LogP contribution in [0.3, 0.4) is 0 Å². The maximum absolute atomic E-state index is 13.4. The van der Waals surface area contributed by atoms with E-state index in [0.29, 0.717) is 17.4 Å². The number of carbonyl (C=O) groups is 2. The van der Waals surface area contributed by atoms with Crippen LogP contribution in [0, 0.1) is 5.92 Å². The zero-order valence-electron chi connectivity index (χ0n) is 23.5. The van der Waals surface area contributed by atoms with E-state index in [1.54, 1.807) is 52.9 Å². The molecule has 0 unspecified atom stereocenters. The smallest absolute Gasteiger partial charge is 0.408 e. The molecular formula is C27H42N2O8S. The highest BCUT2D eigenvalue weighted by Crippen LogP contribution is 2.38. The van der Waals surface area contributed by atoms with E-state index in [1.807, 2.05) is 0 Å². The number of cyclic esters (lactones) is 1. The number of hydrogen-bond donors (Lipinski definition) is 1. The van der Waals surface area contributed by atoms with E-state index in [0.717, 1.165) is 25.7 Å². The summed E-state index contributed by atoms with van der Waals surface area (Å²) < 4.78 is 48.8. The molecule has 1 aliphatic carbocycles. The summed E-state index contributed by atoms with van der Waals surface area (Å²) in [6, 6.07) is 2.17. The van der Waals surface area contributed by atoms with Crippen molar-refractivity contribution >= 4 is 21.9 Å². The van der Waals surface area contributed by atoms with Gasteiger partial charge in [0.2, 0.25) is 5.79 Å². The Morgan fingerprint density at radius 3 is 2.45 bits per heavy atom. The Hall–Kier alpha value is -2.40. The van der Waals surface area contributed by atoms with Crippen molar-refractivity contribution < 1.29 is 37.0 Å². The topological polar surface area (TPSA) is 130 Å². The molecule has 2 aliphatic rings. The first-order valence-electron chi connectivity index (χ1n) is 13.3. The number of aromatic nitrogens is 1. The predicted octanol–water partition coefficient (Wildman–Crippen LogP) is 3.96. The van der Waals surface area contributed by atoms with Gasteiger partial charge in [-0.15, -0.1) is 0 Å². The number of rotatable bonds is 9. The van der Waals surface area contributed by atoms with Crippen LogP contribution in [-0.2, 0) is 35.3 Å². The molecule has 2 heterocycles. The number of nitrogens with one attached hydrogen (secondary N) is 1. The molecule has 11 heteroatoms. The van der Waals surface area contributed by atoms with E-state index < -0.39 is 50.7 Å². The molecule has 2 atom stereocenters. The second-order valence-electron chi connectivity index (χ2n) is 11.8. The molecule has 0 bridgehead atoms. The SMILES string of the molecule is CCS(=O)(=O)C[C@H](NC(=O)OC(C)(C)C)[C@@]1(Cc2cc(OC3CCC(C)CC3)ccn2)OC(C)(C)OC1=O. The molecule has 0 radical (unpaired) electrons. The van der Waals surface area contributed by atoms with E-state index in [2.05, 4.69) is 17.2 Å². The van der Waals surface area contributed by atoms with Crippen molar-refractivity contribution in [3.63, 3.8) is 0 Å². The Kier molecular flexibility index (Phi) is 9.02. The number of amides is 1. The van der Waals surface area contributed by atoms with Crippen LogP contribution in [0.5, 0.6) is 5.75 Å². The van der Waals surface area contributed by atoms with Crippen LogP contribution in [0.25, 0.3) is 0 Å². The summed E-state index contributed by atoms with van der Waals surface area (Å²) in [5.41, 5.74) is -2.27. The molecule has 1 aromatic rings. The summed E-state index contributed by atoms with van der Waals surface area (Å²) in [5.74, 6) is -1.59. The Labute approximate surface area is 226 Å². The summed E-state index contributed by atoms with van der Waals surface area (Å²) in [7, 11) is -3.67. The lowest BCUT2D eigenvalue weighted by Gasteiger charge is -2.35. The predicted molar refractivity (Wildman–Crippen MR) is 141 cm³/mol. The van der Waals surface area contributed by atoms with Crippen molar-refractivity contribution in [2.75, 3.05) is 11.5 Å². The molecule has 10 nitrogen and oxygen atoms in total. The summed E-state index contributed by atoms with van der Waals surface area (Å²) in [6.07, 6.45) is 4.78. The van der Waals surface area contributed by atoms with E-state index in [-0.39, 0.29) is 18.3 Å². The third kappa shape index (κ3) is 8.05. The van der Waals surface area contributed by atoms with Crippen molar-refractivity contribution in [3.05, 3.63) is 24.0 Å². The van der Waals surface area contributed by atoms with Crippen LogP contribution >= 0.6 is 0 Å². The molecule has 1 saturated heterocycles. The molecule has 214 valence electrons. The number of pyridine rings is 1. The van der Waals surface area contributed by atoms with Gasteiger partial charge in [0.05, 0.1) is 17.9 Å². The molecule has 1 aromatic heterocycles. The zero-order chi connectivity index (χ0) is 28.4. The second-order valence-corrected chi connectivity index (χ2v) is 14.2. The Morgan fingerprint density at radius 1 is 1.24 bits per heavy atom. The monoisotopic (exact) mass is 554 g/mol. The highest BCUT2D eigenvalue weighted by molar-refractivity contribution is 7.91. The summed E-state index contributed by atoms with van der Waals surface area (Å²) in [4.78, 5) is 30.6. The van der Waals surface area contributed by atoms with Gasteiger partial charge in [0.25, 0.3) is 0 Å². The van der Waals surface area contributed by atoms with Gasteiger partial charge in [0.15, 0.2) is 15.4 Å². The number of hydrogen-bond acceptors (Lipinski definition) is 9. The van der Waals surface area contributed by atoms with Gasteiger partial charge < -0.3 is 24.3 Å². The minimum Gasteiger partial charge on any atom is -0.490 e. The minimum absolute atomic E-state index is 0.0957. The van der Waals surface area contributed by atoms with Gasteiger partial charge in [0.1, 0.15) is 11.4 Å². The number of sulfone groups is 1. The second kappa shape index (κ2) is 11.4. The van der Waals surface area contributed by atoms with Gasteiger partial charge in [-0.05, 0) is 58.4 Å². The van der Waals surface area contributed by atoms with Crippen LogP contribution in [0.1, 0.15) is 79.8 Å². The van der Waals surface area contributed by atoms with Crippen molar-refractivity contribution in [1.82, 2.24) is 10.3 Å². The van der Waals surface area contributed by atoms with Crippen molar-refractivity contribution in [3.8, 4) is 5.75 Å². The van der Waals surface area contributed by atoms with Crippen LogP contribution in [-0.4, -0.2) is 66.1 Å². The Bertz CT molecular complexity index is 1110. The summed E-state index contributed by atoms with van der Waals surface area (Å²) in [5, 5.41) is 2.59. The summed E-state index contributed by atoms with van der Waals surface area (Å²) >= 11 is 0. The molecule has 0 aromatic carbocycles. The maximum Gasteiger partial charge on any atom is 0.408 e. The lowest BCUT2D eigenvalue weighted by Crippen LogP contribution is -2.61. The van der Waals surface area contributed by atoms with Gasteiger partial charge in [-0.3, -0.25) is 4.98 Å². The fourth-order valence-electron chi connectivity index (χ4n) is 4.80. The van der Waals surface area contributed by atoms with Crippen molar-refractivity contribution in [2.45, 2.75) is 110 Å². The van der Waals surface area contributed by atoms with Crippen LogP contribution in [0.15, 0.2) is 18.3 Å². The van der Waals surface area contributed by atoms with Gasteiger partial charge >= 0.3 is 12.1 Å². The minimum atomic E-state index is -3.67. The fourth-order valence-corrected chi connectivity index (χ4v) is 5.90. The first-order chi connectivity index (χ1) is 17.5. The third-order valence-electron chi connectivity index (χ3n) is 6.72. The number of carbonyl (C=O) groups excluding carboxylic acids is 2. The van der Waals surface area contributed by atoms with Crippen molar-refractivity contribution in [1.29, 1.82) is 0 Å². The average molecular weight is 555 g/mol. The van der Waals surface area contributed by atoms with Gasteiger partial charge in [-0.2, -0.15) is 0 Å². The molecule has 3 rings (SSSR count). The van der Waals surface area contributed by atoms with E-state index >= 15 is 0 Å². The van der Waals surface area contributed by atoms with E-state index in [4.69, 9.17) is 18.9 Å². The highest BCUT2D eigenvalue weighted by Gasteiger charge is 2.60. The number of alkyl carbamates (subject to hydrolysis) is 1. The van der Waals surface area contributed by atoms with Gasteiger partial charge in [-0.1, -0.05) is 13.8 Å². The zero-order valence-corrected chi connectivity index (χ0v) is 24.4. The van der Waals surface area contributed by atoms with Crippen molar-refractivity contribution in [2.24, 2.45) is 5.92 Å². The van der Waals surface area contributed by atoms with Gasteiger partial charge in [0, 0.05) is 44.0 Å². The first-order valence-corrected chi connectivity index (χ1v) is 15.1. The highest BCUT2D eigenvalue weighted by atomic mass is 32.2. The van der Waals surface area contributed by atoms with Crippen LogP contribution < -0.4 is 10.1 Å². The molecule has 0 spiro atoms. The van der Waals surface area contributed by atoms with Crippen LogP contribution in [0.2, 0.25) is 0 Å². The standard InChI is InChI=1S/C27H42N2O8S/c1-8-38(32,33)17-22(29-24(31)36-25(3,4)5)27(23(30)35-26(6,7)37-27)16-19-15-21(13-14-28-19)34-20-11-9-18(2)10-12-20/h13-15,18,20,22H,8-12,16-17H2,1-7H3,(H,29,31)/t18?,20?,22-,27+/m0/s1. The number of nitrogens with zero attached hydrogens (tertiary/aromatic N) is 1. The number of ether oxygens (including phenoxy) is 4. The van der Waals surface area contributed by atoms with Gasteiger partial charge in [-0.25, -0.2) is 18.0 Å². The maximum atomic E-state index is 13.4. The fraction of sp³-hybridized carbons (Fsp3) is 0.741. The molecular weight excluding hydrogens is 512 g/mol. The molecule has 1 saturated carbocycles. The largest absolute Gasteiger partial charge is 0.490 e. The lowest BCUT2D eigenvalue weighted by atomic mass is 9.88. The molecule has 1 aliphatic heterocycles. The lowest BCUT2D eigenvalue weighted by molar-refractivity contribution is -0.169. The average Bonchev–Trinajstić information content (AvgIpc) is 3.02. The Balaban J connectivity index is 1.95. The quantitative estimate of drug-likeness (QED) is 0.451. The van der Waals surface area contributed by atoms with E-state index in [9.17, 15) is 18.0 Å². The molecule has 2 fully saturated rings. The molecule has 1 N–H and O–H groups in total. The van der Waals surface area contributed by atoms with E-state index in [1.165, 1.54) is 6.92 Å². The number of esters is 1. The third-order valence-corrected chi connectivity index (χ3v) is 8.44. The molecule has 1 amide bonds. The molecule has 38 heavy (non-hydrogen) atoms. The van der Waals surface area contributed by atoms with Crippen LogP contribution in [0.4, 0.5) is 4.79 Å². The normalized spacial score (nSPS) is 26.3. The first kappa shape index (κ1) is 30.1. The Morgan fingerprint density at radius 2 is 1.89 bits per heavy atom. The summed E-state index contributed by atoms with van der Waals surface area (Å²) in [6.45, 7) is 11.9.